The number of morpholine rings is 1. The van der Waals surface area contributed by atoms with Gasteiger partial charge in [0.15, 0.2) is 5.76 Å². The van der Waals surface area contributed by atoms with Crippen LogP contribution in [0.15, 0.2) is 52.4 Å². The van der Waals surface area contributed by atoms with Gasteiger partial charge < -0.3 is 9.26 Å². The summed E-state index contributed by atoms with van der Waals surface area (Å²) in [6, 6.07) is 12.5. The van der Waals surface area contributed by atoms with Gasteiger partial charge in [-0.05, 0) is 29.1 Å². The van der Waals surface area contributed by atoms with Crippen molar-refractivity contribution in [1.82, 2.24) is 10.1 Å². The van der Waals surface area contributed by atoms with E-state index in [1.54, 1.807) is 23.5 Å². The molecule has 0 spiro atoms. The summed E-state index contributed by atoms with van der Waals surface area (Å²) in [6.45, 7) is 2.97. The molecule has 24 heavy (non-hydrogen) atoms. The molecular weight excluding hydrogens is 327 g/mol. The quantitative estimate of drug-likeness (QED) is 0.714. The molecule has 1 aliphatic rings. The standard InChI is InChI=1S/C18H17FN2O2S/c19-14-5-3-13(4-6-14)17-12-21(7-8-22-17)11-15-10-16(23-20-15)18-2-1-9-24-18/h1-6,9-10,17H,7-8,11-12H2/t17-/m1/s1. The third kappa shape index (κ3) is 3.40. The largest absolute Gasteiger partial charge is 0.371 e. The van der Waals surface area contributed by atoms with Crippen molar-refractivity contribution in [3.63, 3.8) is 0 Å². The fourth-order valence-corrected chi connectivity index (χ4v) is 3.55. The summed E-state index contributed by atoms with van der Waals surface area (Å²) in [7, 11) is 0. The monoisotopic (exact) mass is 344 g/mol. The molecule has 0 radical (unpaired) electrons. The van der Waals surface area contributed by atoms with Crippen LogP contribution in [0.3, 0.4) is 0 Å². The lowest BCUT2D eigenvalue weighted by Gasteiger charge is -2.32. The van der Waals surface area contributed by atoms with Crippen LogP contribution in [0, 0.1) is 5.82 Å². The van der Waals surface area contributed by atoms with Crippen LogP contribution < -0.4 is 0 Å². The molecule has 0 saturated carbocycles. The number of ether oxygens (including phenoxy) is 1. The fraction of sp³-hybridized carbons (Fsp3) is 0.278. The normalized spacial score (nSPS) is 18.8. The molecule has 3 aromatic rings. The summed E-state index contributed by atoms with van der Waals surface area (Å²) in [4.78, 5) is 3.37. The Morgan fingerprint density at radius 1 is 1.25 bits per heavy atom. The highest BCUT2D eigenvalue weighted by Crippen LogP contribution is 2.27. The van der Waals surface area contributed by atoms with E-state index in [-0.39, 0.29) is 11.9 Å². The van der Waals surface area contributed by atoms with E-state index in [1.807, 2.05) is 23.6 Å². The van der Waals surface area contributed by atoms with E-state index < -0.39 is 0 Å². The third-order valence-electron chi connectivity index (χ3n) is 4.10. The van der Waals surface area contributed by atoms with Crippen LogP contribution in [0.5, 0.6) is 0 Å². The molecule has 0 aliphatic carbocycles. The van der Waals surface area contributed by atoms with Gasteiger partial charge in [0.1, 0.15) is 5.82 Å². The molecule has 6 heteroatoms. The summed E-state index contributed by atoms with van der Waals surface area (Å²) in [5.74, 6) is 0.582. The second-order valence-electron chi connectivity index (χ2n) is 5.81. The van der Waals surface area contributed by atoms with Gasteiger partial charge in [0, 0.05) is 25.7 Å². The van der Waals surface area contributed by atoms with Gasteiger partial charge in [0.25, 0.3) is 0 Å². The van der Waals surface area contributed by atoms with Crippen molar-refractivity contribution in [3.8, 4) is 10.6 Å². The Bertz CT molecular complexity index is 786. The number of hydrogen-bond acceptors (Lipinski definition) is 5. The second-order valence-corrected chi connectivity index (χ2v) is 6.75. The maximum atomic E-state index is 13.1. The number of hydrogen-bond donors (Lipinski definition) is 0. The average Bonchev–Trinajstić information content (AvgIpc) is 3.27. The van der Waals surface area contributed by atoms with Crippen LogP contribution in [0.2, 0.25) is 0 Å². The van der Waals surface area contributed by atoms with Gasteiger partial charge in [-0.2, -0.15) is 0 Å². The molecule has 1 aromatic carbocycles. The molecule has 1 atom stereocenters. The highest BCUT2D eigenvalue weighted by molar-refractivity contribution is 7.13. The molecule has 0 N–H and O–H groups in total. The highest BCUT2D eigenvalue weighted by Gasteiger charge is 2.23. The van der Waals surface area contributed by atoms with Crippen LogP contribution in [0.1, 0.15) is 17.4 Å². The first kappa shape index (κ1) is 15.5. The van der Waals surface area contributed by atoms with Crippen molar-refractivity contribution >= 4 is 11.3 Å². The van der Waals surface area contributed by atoms with E-state index in [1.165, 1.54) is 12.1 Å². The van der Waals surface area contributed by atoms with Gasteiger partial charge in [-0.15, -0.1) is 11.3 Å². The Morgan fingerprint density at radius 2 is 2.12 bits per heavy atom. The number of nitrogens with zero attached hydrogens (tertiary/aromatic N) is 2. The van der Waals surface area contributed by atoms with E-state index >= 15 is 0 Å². The molecule has 3 heterocycles. The maximum absolute atomic E-state index is 13.1. The van der Waals surface area contributed by atoms with Crippen molar-refractivity contribution in [2.45, 2.75) is 12.6 Å². The van der Waals surface area contributed by atoms with Crippen molar-refractivity contribution in [1.29, 1.82) is 0 Å². The number of halogens is 1. The number of aromatic nitrogens is 1. The first-order valence-electron chi connectivity index (χ1n) is 7.87. The van der Waals surface area contributed by atoms with Gasteiger partial charge in [-0.1, -0.05) is 23.4 Å². The van der Waals surface area contributed by atoms with Crippen LogP contribution in [-0.2, 0) is 11.3 Å². The summed E-state index contributed by atoms with van der Waals surface area (Å²) in [5, 5.41) is 6.20. The molecule has 4 rings (SSSR count). The molecule has 1 fully saturated rings. The number of thiophene rings is 1. The lowest BCUT2D eigenvalue weighted by atomic mass is 10.1. The fourth-order valence-electron chi connectivity index (χ4n) is 2.88. The van der Waals surface area contributed by atoms with Gasteiger partial charge in [0.05, 0.1) is 23.3 Å². The predicted octanol–water partition coefficient (Wildman–Crippen LogP) is 4.12. The van der Waals surface area contributed by atoms with Crippen molar-refractivity contribution in [3.05, 3.63) is 64.9 Å². The molecule has 1 aliphatic heterocycles. The average molecular weight is 344 g/mol. The zero-order valence-corrected chi connectivity index (χ0v) is 13.8. The number of benzene rings is 1. The topological polar surface area (TPSA) is 38.5 Å². The van der Waals surface area contributed by atoms with Gasteiger partial charge in [-0.3, -0.25) is 4.90 Å². The minimum absolute atomic E-state index is 0.0389. The van der Waals surface area contributed by atoms with Crippen LogP contribution in [0.25, 0.3) is 10.6 Å². The molecule has 4 nitrogen and oxygen atoms in total. The Labute approximate surface area is 143 Å². The van der Waals surface area contributed by atoms with E-state index in [2.05, 4.69) is 10.1 Å². The summed E-state index contributed by atoms with van der Waals surface area (Å²) >= 11 is 1.64. The van der Waals surface area contributed by atoms with E-state index in [9.17, 15) is 4.39 Å². The number of rotatable bonds is 4. The zero-order chi connectivity index (χ0) is 16.4. The second kappa shape index (κ2) is 6.84. The summed E-state index contributed by atoms with van der Waals surface area (Å²) < 4.78 is 24.3. The Kier molecular flexibility index (Phi) is 4.42. The van der Waals surface area contributed by atoms with Gasteiger partial charge in [-0.25, -0.2) is 4.39 Å². The van der Waals surface area contributed by atoms with Crippen molar-refractivity contribution in [2.24, 2.45) is 0 Å². The maximum Gasteiger partial charge on any atom is 0.177 e. The molecule has 0 amide bonds. The Balaban J connectivity index is 1.42. The molecule has 2 aromatic heterocycles. The van der Waals surface area contributed by atoms with E-state index in [4.69, 9.17) is 9.26 Å². The lowest BCUT2D eigenvalue weighted by Crippen LogP contribution is -2.37. The first-order valence-corrected chi connectivity index (χ1v) is 8.75. The van der Waals surface area contributed by atoms with E-state index in [0.717, 1.165) is 41.5 Å². The van der Waals surface area contributed by atoms with Crippen molar-refractivity contribution < 1.29 is 13.7 Å². The molecule has 0 bridgehead atoms. The molecule has 1 saturated heterocycles. The third-order valence-corrected chi connectivity index (χ3v) is 4.99. The minimum atomic E-state index is -0.227. The SMILES string of the molecule is Fc1ccc([C@H]2CN(Cc3cc(-c4cccs4)on3)CCO2)cc1. The summed E-state index contributed by atoms with van der Waals surface area (Å²) in [6.07, 6.45) is -0.0389. The minimum Gasteiger partial charge on any atom is -0.371 e. The Morgan fingerprint density at radius 3 is 2.92 bits per heavy atom. The van der Waals surface area contributed by atoms with Crippen LogP contribution in [0.4, 0.5) is 4.39 Å². The van der Waals surface area contributed by atoms with Gasteiger partial charge >= 0.3 is 0 Å². The molecular formula is C18H17FN2O2S. The van der Waals surface area contributed by atoms with E-state index in [0.29, 0.717) is 6.61 Å². The smallest absolute Gasteiger partial charge is 0.177 e. The summed E-state index contributed by atoms with van der Waals surface area (Å²) in [5.41, 5.74) is 1.92. The lowest BCUT2D eigenvalue weighted by molar-refractivity contribution is -0.0335. The van der Waals surface area contributed by atoms with Crippen molar-refractivity contribution in [2.75, 3.05) is 19.7 Å². The van der Waals surface area contributed by atoms with Crippen LogP contribution in [-0.4, -0.2) is 29.8 Å². The van der Waals surface area contributed by atoms with Crippen LogP contribution >= 0.6 is 11.3 Å². The van der Waals surface area contributed by atoms with Gasteiger partial charge in [0.2, 0.25) is 0 Å². The first-order chi connectivity index (χ1) is 11.8. The molecule has 124 valence electrons. The Hall–Kier alpha value is -2.02. The highest BCUT2D eigenvalue weighted by atomic mass is 32.1. The zero-order valence-electron chi connectivity index (χ0n) is 13.0. The predicted molar refractivity (Wildman–Crippen MR) is 90.2 cm³/mol. The molecule has 0 unspecified atom stereocenters.